The summed E-state index contributed by atoms with van der Waals surface area (Å²) in [6.07, 6.45) is 0.963. The Bertz CT molecular complexity index is 1460. The number of H-pyrrole nitrogens is 1. The molecule has 0 saturated heterocycles. The van der Waals surface area contributed by atoms with Gasteiger partial charge in [0.05, 0.1) is 11.4 Å². The molecule has 0 saturated carbocycles. The number of rotatable bonds is 6. The van der Waals surface area contributed by atoms with Gasteiger partial charge < -0.3 is 4.52 Å². The molecule has 32 heavy (non-hydrogen) atoms. The molecule has 1 N–H and O–H groups in total. The van der Waals surface area contributed by atoms with Crippen molar-refractivity contribution in [1.82, 2.24) is 30.0 Å². The zero-order valence-corrected chi connectivity index (χ0v) is 18.5. The van der Waals surface area contributed by atoms with Crippen LogP contribution in [0.15, 0.2) is 69.1 Å². The Balaban J connectivity index is 1.40. The van der Waals surface area contributed by atoms with E-state index in [2.05, 4.69) is 44.5 Å². The van der Waals surface area contributed by atoms with Crippen LogP contribution in [0.3, 0.4) is 0 Å². The molecule has 0 fully saturated rings. The Hall–Kier alpha value is -3.43. The lowest BCUT2D eigenvalue weighted by Crippen LogP contribution is -2.13. The summed E-state index contributed by atoms with van der Waals surface area (Å²) in [6.45, 7) is 2.11. The van der Waals surface area contributed by atoms with Crippen molar-refractivity contribution < 1.29 is 4.52 Å². The molecule has 0 aliphatic rings. The van der Waals surface area contributed by atoms with Crippen LogP contribution in [0.5, 0.6) is 0 Å². The molecule has 0 radical (unpaired) electrons. The number of fused-ring (bicyclic) bond motifs is 1. The lowest BCUT2D eigenvalue weighted by molar-refractivity contribution is 0.391. The zero-order chi connectivity index (χ0) is 22.1. The summed E-state index contributed by atoms with van der Waals surface area (Å²) in [4.78, 5) is 16.7. The quantitative estimate of drug-likeness (QED) is 0.365. The number of halogens is 1. The third-order valence-electron chi connectivity index (χ3n) is 4.91. The zero-order valence-electron chi connectivity index (χ0n) is 16.9. The van der Waals surface area contributed by atoms with Crippen molar-refractivity contribution in [3.8, 4) is 22.6 Å². The van der Waals surface area contributed by atoms with E-state index < -0.39 is 0 Å². The highest BCUT2D eigenvalue weighted by Gasteiger charge is 2.15. The molecule has 0 bridgehead atoms. The number of nitrogens with zero attached hydrogens (tertiary/aromatic N) is 5. The van der Waals surface area contributed by atoms with E-state index in [0.29, 0.717) is 38.9 Å². The molecule has 0 unspecified atom stereocenters. The third-order valence-corrected chi connectivity index (χ3v) is 6.06. The van der Waals surface area contributed by atoms with Gasteiger partial charge in [-0.3, -0.25) is 4.79 Å². The minimum absolute atomic E-state index is 0.306. The standard InChI is InChI=1S/C22H17ClN6O2S/c1-2-13-6-8-14(9-7-13)17-11-18-21(30)25-26-22(29(18)27-17)32-12-19-24-20(28-31-19)15-4-3-5-16(23)10-15/h3-11H,2,12H2,1H3,(H,25,30). The summed E-state index contributed by atoms with van der Waals surface area (Å²) in [5, 5.41) is 16.4. The fourth-order valence-electron chi connectivity index (χ4n) is 3.22. The average Bonchev–Trinajstić information content (AvgIpc) is 3.47. The summed E-state index contributed by atoms with van der Waals surface area (Å²) in [7, 11) is 0. The third kappa shape index (κ3) is 4.04. The molecule has 0 amide bonds. The highest BCUT2D eigenvalue weighted by Crippen LogP contribution is 2.25. The van der Waals surface area contributed by atoms with Crippen molar-refractivity contribution in [1.29, 1.82) is 0 Å². The van der Waals surface area contributed by atoms with Crippen molar-refractivity contribution in [2.75, 3.05) is 0 Å². The molecule has 3 heterocycles. The van der Waals surface area contributed by atoms with E-state index in [0.717, 1.165) is 17.5 Å². The number of hydrogen-bond acceptors (Lipinski definition) is 7. The van der Waals surface area contributed by atoms with Crippen molar-refractivity contribution in [3.63, 3.8) is 0 Å². The van der Waals surface area contributed by atoms with Crippen LogP contribution >= 0.6 is 23.4 Å². The molecule has 160 valence electrons. The largest absolute Gasteiger partial charge is 0.338 e. The minimum atomic E-state index is -0.306. The van der Waals surface area contributed by atoms with E-state index >= 15 is 0 Å². The van der Waals surface area contributed by atoms with Gasteiger partial charge in [-0.2, -0.15) is 10.1 Å². The van der Waals surface area contributed by atoms with Gasteiger partial charge in [0.1, 0.15) is 5.52 Å². The van der Waals surface area contributed by atoms with E-state index in [1.54, 1.807) is 22.7 Å². The number of thioether (sulfide) groups is 1. The Labute approximate surface area is 191 Å². The fourth-order valence-corrected chi connectivity index (χ4v) is 4.15. The van der Waals surface area contributed by atoms with Gasteiger partial charge in [0.15, 0.2) is 0 Å². The van der Waals surface area contributed by atoms with E-state index in [1.165, 1.54) is 17.3 Å². The Morgan fingerprint density at radius 1 is 1.12 bits per heavy atom. The minimum Gasteiger partial charge on any atom is -0.338 e. The second-order valence-corrected chi connectivity index (χ2v) is 8.40. The number of aryl methyl sites for hydroxylation is 1. The monoisotopic (exact) mass is 464 g/mol. The Morgan fingerprint density at radius 2 is 1.97 bits per heavy atom. The van der Waals surface area contributed by atoms with Gasteiger partial charge in [0.25, 0.3) is 5.56 Å². The maximum absolute atomic E-state index is 12.3. The first-order chi connectivity index (χ1) is 15.6. The first-order valence-electron chi connectivity index (χ1n) is 9.90. The molecule has 10 heteroatoms. The van der Waals surface area contributed by atoms with Gasteiger partial charge in [-0.25, -0.2) is 9.61 Å². The molecule has 0 aliphatic heterocycles. The van der Waals surface area contributed by atoms with Gasteiger partial charge in [-0.1, -0.05) is 71.8 Å². The van der Waals surface area contributed by atoms with Gasteiger partial charge in [-0.15, -0.1) is 5.10 Å². The maximum Gasteiger partial charge on any atom is 0.290 e. The summed E-state index contributed by atoms with van der Waals surface area (Å²) in [5.74, 6) is 1.25. The molecule has 0 spiro atoms. The first-order valence-corrected chi connectivity index (χ1v) is 11.3. The second-order valence-electron chi connectivity index (χ2n) is 7.02. The number of aromatic amines is 1. The van der Waals surface area contributed by atoms with E-state index in [4.69, 9.17) is 16.1 Å². The van der Waals surface area contributed by atoms with E-state index in [9.17, 15) is 4.79 Å². The molecule has 0 aliphatic carbocycles. The van der Waals surface area contributed by atoms with Gasteiger partial charge >= 0.3 is 0 Å². The van der Waals surface area contributed by atoms with Gasteiger partial charge in [0, 0.05) is 16.1 Å². The van der Waals surface area contributed by atoms with Crippen LogP contribution in [0.2, 0.25) is 5.02 Å². The van der Waals surface area contributed by atoms with Gasteiger partial charge in [0.2, 0.25) is 16.9 Å². The van der Waals surface area contributed by atoms with Crippen LogP contribution in [-0.2, 0) is 12.2 Å². The number of benzene rings is 2. The molecule has 5 aromatic rings. The molecular formula is C22H17ClN6O2S. The second kappa shape index (κ2) is 8.60. The summed E-state index contributed by atoms with van der Waals surface area (Å²) >= 11 is 7.37. The van der Waals surface area contributed by atoms with Gasteiger partial charge in [-0.05, 0) is 30.2 Å². The van der Waals surface area contributed by atoms with Crippen molar-refractivity contribution in [3.05, 3.63) is 81.4 Å². The van der Waals surface area contributed by atoms with Crippen LogP contribution in [0.4, 0.5) is 0 Å². The number of aromatic nitrogens is 6. The van der Waals surface area contributed by atoms with Crippen molar-refractivity contribution in [2.24, 2.45) is 0 Å². The Morgan fingerprint density at radius 3 is 2.75 bits per heavy atom. The van der Waals surface area contributed by atoms with Crippen LogP contribution in [-0.4, -0.2) is 30.0 Å². The predicted molar refractivity (Wildman–Crippen MR) is 123 cm³/mol. The summed E-state index contributed by atoms with van der Waals surface area (Å²) < 4.78 is 6.90. The molecule has 2 aromatic carbocycles. The average molecular weight is 465 g/mol. The van der Waals surface area contributed by atoms with Crippen molar-refractivity contribution >= 4 is 28.9 Å². The highest BCUT2D eigenvalue weighted by atomic mass is 35.5. The van der Waals surface area contributed by atoms with Crippen LogP contribution < -0.4 is 5.56 Å². The number of nitrogens with one attached hydrogen (secondary N) is 1. The normalized spacial score (nSPS) is 11.3. The molecule has 3 aromatic heterocycles. The van der Waals surface area contributed by atoms with Crippen LogP contribution in [0, 0.1) is 0 Å². The number of hydrogen-bond donors (Lipinski definition) is 1. The Kier molecular flexibility index (Phi) is 5.50. The maximum atomic E-state index is 12.3. The summed E-state index contributed by atoms with van der Waals surface area (Å²) in [6, 6.07) is 17.1. The lowest BCUT2D eigenvalue weighted by atomic mass is 10.1. The smallest absolute Gasteiger partial charge is 0.290 e. The van der Waals surface area contributed by atoms with E-state index in [1.807, 2.05) is 24.3 Å². The summed E-state index contributed by atoms with van der Waals surface area (Å²) in [5.41, 5.74) is 3.76. The molecule has 0 atom stereocenters. The highest BCUT2D eigenvalue weighted by molar-refractivity contribution is 7.98. The molecular weight excluding hydrogens is 448 g/mol. The lowest BCUT2D eigenvalue weighted by Gasteiger charge is -2.01. The SMILES string of the molecule is CCc1ccc(-c2cc3c(=O)[nH]nc(SCc4nc(-c5cccc(Cl)c5)no4)n3n2)cc1. The van der Waals surface area contributed by atoms with Crippen LogP contribution in [0.1, 0.15) is 18.4 Å². The molecule has 8 nitrogen and oxygen atoms in total. The van der Waals surface area contributed by atoms with Crippen molar-refractivity contribution in [2.45, 2.75) is 24.3 Å². The van der Waals surface area contributed by atoms with E-state index in [-0.39, 0.29) is 5.56 Å². The topological polar surface area (TPSA) is 102 Å². The first kappa shape index (κ1) is 20.5. The van der Waals surface area contributed by atoms with Crippen LogP contribution in [0.25, 0.3) is 28.2 Å². The molecule has 5 rings (SSSR count). The fraction of sp³-hybridized carbons (Fsp3) is 0.136. The predicted octanol–water partition coefficient (Wildman–Crippen LogP) is 4.64.